The smallest absolute Gasteiger partial charge is 0.0593 e. The highest BCUT2D eigenvalue weighted by Gasteiger charge is 2.41. The van der Waals surface area contributed by atoms with Crippen LogP contribution in [0.1, 0.15) is 46.5 Å². The molecule has 0 amide bonds. The van der Waals surface area contributed by atoms with Gasteiger partial charge in [0.05, 0.1) is 6.61 Å². The van der Waals surface area contributed by atoms with Crippen LogP contribution >= 0.6 is 0 Å². The summed E-state index contributed by atoms with van der Waals surface area (Å²) >= 11 is 0. The van der Waals surface area contributed by atoms with Crippen molar-refractivity contribution in [1.29, 1.82) is 0 Å². The van der Waals surface area contributed by atoms with Crippen molar-refractivity contribution in [1.82, 2.24) is 10.2 Å². The van der Waals surface area contributed by atoms with Gasteiger partial charge in [-0.05, 0) is 38.5 Å². The Kier molecular flexibility index (Phi) is 5.05. The Labute approximate surface area is 112 Å². The van der Waals surface area contributed by atoms with Crippen molar-refractivity contribution in [3.8, 4) is 0 Å². The molecular formula is C15H30N2O. The van der Waals surface area contributed by atoms with Gasteiger partial charge in [0.2, 0.25) is 0 Å². The van der Waals surface area contributed by atoms with Gasteiger partial charge in [0.1, 0.15) is 0 Å². The molecule has 0 spiro atoms. The van der Waals surface area contributed by atoms with Crippen LogP contribution in [0.3, 0.4) is 0 Å². The summed E-state index contributed by atoms with van der Waals surface area (Å²) in [4.78, 5) is 2.69. The Balaban J connectivity index is 1.84. The summed E-state index contributed by atoms with van der Waals surface area (Å²) in [7, 11) is 0. The molecule has 1 aliphatic heterocycles. The van der Waals surface area contributed by atoms with E-state index in [-0.39, 0.29) is 0 Å². The maximum absolute atomic E-state index is 5.67. The van der Waals surface area contributed by atoms with E-state index >= 15 is 0 Å². The van der Waals surface area contributed by atoms with Gasteiger partial charge in [0, 0.05) is 37.8 Å². The first-order valence-corrected chi connectivity index (χ1v) is 7.75. The first-order valence-electron chi connectivity index (χ1n) is 7.75. The van der Waals surface area contributed by atoms with Crippen LogP contribution in [0.5, 0.6) is 0 Å². The lowest BCUT2D eigenvalue weighted by Crippen LogP contribution is -2.63. The second kappa shape index (κ2) is 6.36. The standard InChI is InChI=1S/C15H30N2O/c1-4-9-18-10-8-17-12-15(3,5-2)16-11-14(17)13-6-7-13/h13-14,16H,4-12H2,1-3H3. The molecule has 0 aromatic heterocycles. The quantitative estimate of drug-likeness (QED) is 0.705. The molecule has 0 bridgehead atoms. The van der Waals surface area contributed by atoms with Gasteiger partial charge in [-0.1, -0.05) is 13.8 Å². The van der Waals surface area contributed by atoms with Crippen molar-refractivity contribution < 1.29 is 4.74 Å². The van der Waals surface area contributed by atoms with E-state index in [1.54, 1.807) is 0 Å². The van der Waals surface area contributed by atoms with Crippen LogP contribution in [0, 0.1) is 5.92 Å². The van der Waals surface area contributed by atoms with Crippen LogP contribution in [-0.2, 0) is 4.74 Å². The van der Waals surface area contributed by atoms with Crippen LogP contribution in [0.15, 0.2) is 0 Å². The van der Waals surface area contributed by atoms with Crippen molar-refractivity contribution in [3.63, 3.8) is 0 Å². The first kappa shape index (κ1) is 14.3. The van der Waals surface area contributed by atoms with Crippen LogP contribution < -0.4 is 5.32 Å². The first-order chi connectivity index (χ1) is 8.68. The molecule has 0 aromatic carbocycles. The van der Waals surface area contributed by atoms with Gasteiger partial charge in [-0.3, -0.25) is 4.90 Å². The Hall–Kier alpha value is -0.120. The van der Waals surface area contributed by atoms with Gasteiger partial charge in [0.15, 0.2) is 0 Å². The summed E-state index contributed by atoms with van der Waals surface area (Å²) in [6.07, 6.45) is 5.19. The van der Waals surface area contributed by atoms with Crippen molar-refractivity contribution in [2.24, 2.45) is 5.92 Å². The monoisotopic (exact) mass is 254 g/mol. The number of ether oxygens (including phenoxy) is 1. The average molecular weight is 254 g/mol. The number of piperazine rings is 1. The number of hydrogen-bond donors (Lipinski definition) is 1. The molecule has 1 N–H and O–H groups in total. The number of rotatable bonds is 7. The zero-order valence-corrected chi connectivity index (χ0v) is 12.4. The Bertz CT molecular complexity index is 255. The van der Waals surface area contributed by atoms with E-state index in [0.717, 1.165) is 38.1 Å². The highest BCUT2D eigenvalue weighted by Crippen LogP contribution is 2.37. The van der Waals surface area contributed by atoms with Gasteiger partial charge < -0.3 is 10.1 Å². The van der Waals surface area contributed by atoms with Gasteiger partial charge in [0.25, 0.3) is 0 Å². The fourth-order valence-corrected chi connectivity index (χ4v) is 2.96. The van der Waals surface area contributed by atoms with Gasteiger partial charge >= 0.3 is 0 Å². The molecular weight excluding hydrogens is 224 g/mol. The molecule has 2 aliphatic rings. The summed E-state index contributed by atoms with van der Waals surface area (Å²) < 4.78 is 5.67. The molecule has 1 saturated carbocycles. The largest absolute Gasteiger partial charge is 0.380 e. The second-order valence-corrected chi connectivity index (χ2v) is 6.28. The number of hydrogen-bond acceptors (Lipinski definition) is 3. The molecule has 0 radical (unpaired) electrons. The van der Waals surface area contributed by atoms with E-state index < -0.39 is 0 Å². The molecule has 1 aliphatic carbocycles. The molecule has 106 valence electrons. The summed E-state index contributed by atoms with van der Waals surface area (Å²) in [5.41, 5.74) is 0.302. The van der Waals surface area contributed by atoms with E-state index in [2.05, 4.69) is 31.0 Å². The van der Waals surface area contributed by atoms with Crippen molar-refractivity contribution in [2.45, 2.75) is 58.0 Å². The minimum atomic E-state index is 0.302. The van der Waals surface area contributed by atoms with Crippen LogP contribution in [0.25, 0.3) is 0 Å². The molecule has 0 aromatic rings. The average Bonchev–Trinajstić information content (AvgIpc) is 3.19. The van der Waals surface area contributed by atoms with E-state index in [4.69, 9.17) is 4.74 Å². The molecule has 1 heterocycles. The van der Waals surface area contributed by atoms with Crippen LogP contribution in [0.2, 0.25) is 0 Å². The third-order valence-corrected chi connectivity index (χ3v) is 4.58. The van der Waals surface area contributed by atoms with Crippen molar-refractivity contribution in [2.75, 3.05) is 32.8 Å². The molecule has 1 saturated heterocycles. The van der Waals surface area contributed by atoms with Crippen molar-refractivity contribution >= 4 is 0 Å². The lowest BCUT2D eigenvalue weighted by molar-refractivity contribution is 0.0365. The molecule has 2 fully saturated rings. The van der Waals surface area contributed by atoms with Gasteiger partial charge in [-0.25, -0.2) is 0 Å². The fraction of sp³-hybridized carbons (Fsp3) is 1.00. The van der Waals surface area contributed by atoms with E-state index in [1.807, 2.05) is 0 Å². The van der Waals surface area contributed by atoms with E-state index in [9.17, 15) is 0 Å². The molecule has 3 heteroatoms. The topological polar surface area (TPSA) is 24.5 Å². The molecule has 2 rings (SSSR count). The third-order valence-electron chi connectivity index (χ3n) is 4.58. The Morgan fingerprint density at radius 1 is 1.28 bits per heavy atom. The molecule has 2 unspecified atom stereocenters. The molecule has 18 heavy (non-hydrogen) atoms. The lowest BCUT2D eigenvalue weighted by atomic mass is 9.92. The molecule has 2 atom stereocenters. The summed E-state index contributed by atoms with van der Waals surface area (Å²) in [6.45, 7) is 12.1. The van der Waals surface area contributed by atoms with E-state index in [0.29, 0.717) is 5.54 Å². The maximum Gasteiger partial charge on any atom is 0.0593 e. The highest BCUT2D eigenvalue weighted by molar-refractivity contribution is 4.99. The minimum Gasteiger partial charge on any atom is -0.380 e. The van der Waals surface area contributed by atoms with E-state index in [1.165, 1.54) is 32.4 Å². The van der Waals surface area contributed by atoms with Gasteiger partial charge in [-0.2, -0.15) is 0 Å². The summed E-state index contributed by atoms with van der Waals surface area (Å²) in [5.74, 6) is 0.949. The van der Waals surface area contributed by atoms with Crippen LogP contribution in [0.4, 0.5) is 0 Å². The summed E-state index contributed by atoms with van der Waals surface area (Å²) in [5, 5.41) is 3.77. The zero-order valence-electron chi connectivity index (χ0n) is 12.4. The maximum atomic E-state index is 5.67. The zero-order chi connectivity index (χ0) is 13.0. The van der Waals surface area contributed by atoms with Gasteiger partial charge in [-0.15, -0.1) is 0 Å². The lowest BCUT2D eigenvalue weighted by Gasteiger charge is -2.46. The highest BCUT2D eigenvalue weighted by atomic mass is 16.5. The van der Waals surface area contributed by atoms with Crippen molar-refractivity contribution in [3.05, 3.63) is 0 Å². The SMILES string of the molecule is CCCOCCN1CC(C)(CC)NCC1C1CC1. The predicted octanol–water partition coefficient (Wildman–Crippen LogP) is 2.27. The second-order valence-electron chi connectivity index (χ2n) is 6.28. The Morgan fingerprint density at radius 2 is 2.06 bits per heavy atom. The predicted molar refractivity (Wildman–Crippen MR) is 75.9 cm³/mol. The normalized spacial score (nSPS) is 33.8. The number of nitrogens with zero attached hydrogens (tertiary/aromatic N) is 1. The van der Waals surface area contributed by atoms with Crippen LogP contribution in [-0.4, -0.2) is 49.3 Å². The summed E-state index contributed by atoms with van der Waals surface area (Å²) in [6, 6.07) is 0.759. The Morgan fingerprint density at radius 3 is 2.67 bits per heavy atom. The minimum absolute atomic E-state index is 0.302. The third kappa shape index (κ3) is 3.69. The number of nitrogens with one attached hydrogen (secondary N) is 1. The molecule has 3 nitrogen and oxygen atoms in total. The fourth-order valence-electron chi connectivity index (χ4n) is 2.96.